The Hall–Kier alpha value is -1.93. The first-order valence-corrected chi connectivity index (χ1v) is 8.33. The van der Waals surface area contributed by atoms with Gasteiger partial charge in [0, 0.05) is 11.1 Å². The number of ketones is 1. The van der Waals surface area contributed by atoms with Gasteiger partial charge in [0.2, 0.25) is 0 Å². The van der Waals surface area contributed by atoms with Crippen LogP contribution in [0.1, 0.15) is 42.5 Å². The molecular weight excluding hydrogens is 270 g/mol. The summed E-state index contributed by atoms with van der Waals surface area (Å²) in [4.78, 5) is 13.0. The number of Topliss-reactive ketones (excluding diaryl/α,β-unsaturated/α-hetero) is 1. The van der Waals surface area contributed by atoms with Crippen LogP contribution >= 0.6 is 0 Å². The van der Waals surface area contributed by atoms with Gasteiger partial charge >= 0.3 is 0 Å². The maximum atomic E-state index is 13.0. The summed E-state index contributed by atoms with van der Waals surface area (Å²) < 4.78 is 0. The zero-order valence-electron chi connectivity index (χ0n) is 12.7. The molecule has 2 aromatic rings. The summed E-state index contributed by atoms with van der Waals surface area (Å²) in [5.41, 5.74) is 2.59. The van der Waals surface area contributed by atoms with Crippen molar-refractivity contribution in [2.45, 2.75) is 31.3 Å². The van der Waals surface area contributed by atoms with Crippen molar-refractivity contribution < 1.29 is 10.1 Å². The Morgan fingerprint density at radius 1 is 0.727 bits per heavy atom. The third-order valence-corrected chi connectivity index (χ3v) is 5.41. The van der Waals surface area contributed by atoms with Crippen molar-refractivity contribution in [3.63, 3.8) is 0 Å². The van der Waals surface area contributed by atoms with E-state index in [4.69, 9.17) is 0 Å². The molecule has 2 heteroatoms. The Kier molecular flexibility index (Phi) is 3.55. The molecule has 1 saturated heterocycles. The summed E-state index contributed by atoms with van der Waals surface area (Å²) in [7, 11) is 0. The van der Waals surface area contributed by atoms with Crippen molar-refractivity contribution in [2.24, 2.45) is 11.8 Å². The highest BCUT2D eigenvalue weighted by atomic mass is 16.1. The molecule has 2 aliphatic rings. The van der Waals surface area contributed by atoms with E-state index in [2.05, 4.69) is 53.8 Å². The summed E-state index contributed by atoms with van der Waals surface area (Å²) in [6, 6.07) is 21.7. The number of nitrogens with two attached hydrogens (primary N) is 1. The highest BCUT2D eigenvalue weighted by Gasteiger charge is 2.49. The van der Waals surface area contributed by atoms with E-state index >= 15 is 0 Å². The lowest BCUT2D eigenvalue weighted by Crippen LogP contribution is -2.92. The van der Waals surface area contributed by atoms with E-state index < -0.39 is 0 Å². The Morgan fingerprint density at radius 2 is 1.18 bits per heavy atom. The number of carbonyl (C=O) groups is 1. The van der Waals surface area contributed by atoms with E-state index in [1.54, 1.807) is 0 Å². The summed E-state index contributed by atoms with van der Waals surface area (Å²) >= 11 is 0. The molecule has 0 radical (unpaired) electrons. The first kappa shape index (κ1) is 13.7. The minimum atomic E-state index is 0.195. The lowest BCUT2D eigenvalue weighted by atomic mass is 9.67. The minimum Gasteiger partial charge on any atom is -0.333 e. The van der Waals surface area contributed by atoms with E-state index in [0.29, 0.717) is 5.78 Å². The molecule has 2 fully saturated rings. The number of piperidine rings is 1. The van der Waals surface area contributed by atoms with Crippen LogP contribution in [0.25, 0.3) is 0 Å². The lowest BCUT2D eigenvalue weighted by Gasteiger charge is -2.42. The van der Waals surface area contributed by atoms with Gasteiger partial charge in [0.1, 0.15) is 12.1 Å². The molecule has 112 valence electrons. The Morgan fingerprint density at radius 3 is 1.64 bits per heavy atom. The number of rotatable bonds is 2. The number of quaternary nitrogens is 1. The fourth-order valence-corrected chi connectivity index (χ4v) is 4.36. The van der Waals surface area contributed by atoms with Crippen molar-refractivity contribution in [2.75, 3.05) is 0 Å². The van der Waals surface area contributed by atoms with E-state index in [-0.39, 0.29) is 23.9 Å². The molecule has 1 aliphatic heterocycles. The summed E-state index contributed by atoms with van der Waals surface area (Å²) in [5, 5.41) is 2.46. The SMILES string of the molecule is O=C1[C@H]2CCC[C@@H]1[C@H](c1ccccc1)[NH2+][C@H]2c1ccccc1. The lowest BCUT2D eigenvalue weighted by molar-refractivity contribution is -0.750. The predicted octanol–water partition coefficient (Wildman–Crippen LogP) is 3.03. The first-order chi connectivity index (χ1) is 10.8. The zero-order valence-corrected chi connectivity index (χ0v) is 12.7. The van der Waals surface area contributed by atoms with Gasteiger partial charge in [-0.2, -0.15) is 0 Å². The van der Waals surface area contributed by atoms with Crippen LogP contribution in [0, 0.1) is 11.8 Å². The van der Waals surface area contributed by atoms with E-state index in [0.717, 1.165) is 12.8 Å². The molecule has 0 amide bonds. The first-order valence-electron chi connectivity index (χ1n) is 8.33. The molecule has 1 heterocycles. The second-order valence-electron chi connectivity index (χ2n) is 6.61. The highest BCUT2D eigenvalue weighted by molar-refractivity contribution is 5.86. The topological polar surface area (TPSA) is 33.7 Å². The van der Waals surface area contributed by atoms with Crippen LogP contribution in [0.15, 0.2) is 60.7 Å². The fourth-order valence-electron chi connectivity index (χ4n) is 4.36. The third-order valence-electron chi connectivity index (χ3n) is 5.41. The second-order valence-corrected chi connectivity index (χ2v) is 6.61. The molecule has 2 nitrogen and oxygen atoms in total. The monoisotopic (exact) mass is 292 g/mol. The van der Waals surface area contributed by atoms with Gasteiger partial charge in [0.05, 0.1) is 11.8 Å². The quantitative estimate of drug-likeness (QED) is 0.907. The largest absolute Gasteiger partial charge is 0.333 e. The van der Waals surface area contributed by atoms with E-state index in [1.807, 2.05) is 12.1 Å². The molecule has 0 spiro atoms. The van der Waals surface area contributed by atoms with E-state index in [9.17, 15) is 4.79 Å². The summed E-state index contributed by atoms with van der Waals surface area (Å²) in [5.74, 6) is 0.888. The predicted molar refractivity (Wildman–Crippen MR) is 86.1 cm³/mol. The van der Waals surface area contributed by atoms with Crippen molar-refractivity contribution in [3.8, 4) is 0 Å². The minimum absolute atomic E-state index is 0.195. The van der Waals surface area contributed by atoms with Gasteiger partial charge < -0.3 is 5.32 Å². The second kappa shape index (κ2) is 5.69. The van der Waals surface area contributed by atoms with Gasteiger partial charge in [-0.1, -0.05) is 67.1 Å². The molecule has 0 aromatic heterocycles. The van der Waals surface area contributed by atoms with Crippen LogP contribution in [0.2, 0.25) is 0 Å². The van der Waals surface area contributed by atoms with Gasteiger partial charge in [0.15, 0.2) is 5.78 Å². The molecule has 2 bridgehead atoms. The number of carbonyl (C=O) groups excluding carboxylic acids is 1. The Balaban J connectivity index is 1.73. The van der Waals surface area contributed by atoms with Gasteiger partial charge in [-0.05, 0) is 12.8 Å². The molecular formula is C20H22NO+. The molecule has 1 saturated carbocycles. The average molecular weight is 292 g/mol. The molecule has 4 atom stereocenters. The standard InChI is InChI=1S/C20H21NO/c22-20-16-12-7-13-17(20)19(15-10-5-2-6-11-15)21-18(16)14-8-3-1-4-9-14/h1-6,8-11,16-19,21H,7,12-13H2/p+1/t16-,17+,18-,19-/m0/s1. The van der Waals surface area contributed by atoms with Crippen molar-refractivity contribution in [1.29, 1.82) is 0 Å². The van der Waals surface area contributed by atoms with Crippen LogP contribution in [0.5, 0.6) is 0 Å². The normalized spacial score (nSPS) is 31.0. The Labute approximate surface area is 131 Å². The average Bonchev–Trinajstić information content (AvgIpc) is 2.57. The number of hydrogen-bond donors (Lipinski definition) is 1. The van der Waals surface area contributed by atoms with Crippen LogP contribution in [-0.4, -0.2) is 5.78 Å². The molecule has 2 N–H and O–H groups in total. The van der Waals surface area contributed by atoms with Crippen LogP contribution in [-0.2, 0) is 4.79 Å². The number of benzene rings is 2. The summed E-state index contributed by atoms with van der Waals surface area (Å²) in [6.07, 6.45) is 3.28. The van der Waals surface area contributed by atoms with Gasteiger partial charge in [-0.15, -0.1) is 0 Å². The van der Waals surface area contributed by atoms with E-state index in [1.165, 1.54) is 17.5 Å². The maximum absolute atomic E-state index is 13.0. The molecule has 2 aromatic carbocycles. The van der Waals surface area contributed by atoms with Crippen molar-refractivity contribution >= 4 is 5.78 Å². The fraction of sp³-hybridized carbons (Fsp3) is 0.350. The van der Waals surface area contributed by atoms with Crippen molar-refractivity contribution in [1.82, 2.24) is 0 Å². The maximum Gasteiger partial charge on any atom is 0.151 e. The third kappa shape index (κ3) is 2.28. The molecule has 0 unspecified atom stereocenters. The van der Waals surface area contributed by atoms with Gasteiger partial charge in [-0.25, -0.2) is 0 Å². The smallest absolute Gasteiger partial charge is 0.151 e. The number of hydrogen-bond acceptors (Lipinski definition) is 1. The van der Waals surface area contributed by atoms with Crippen LogP contribution < -0.4 is 5.32 Å². The summed E-state index contributed by atoms with van der Waals surface area (Å²) in [6.45, 7) is 0. The van der Waals surface area contributed by atoms with Crippen LogP contribution in [0.4, 0.5) is 0 Å². The van der Waals surface area contributed by atoms with Gasteiger partial charge in [-0.3, -0.25) is 4.79 Å². The van der Waals surface area contributed by atoms with Gasteiger partial charge in [0.25, 0.3) is 0 Å². The molecule has 22 heavy (non-hydrogen) atoms. The molecule has 1 aliphatic carbocycles. The van der Waals surface area contributed by atoms with Crippen molar-refractivity contribution in [3.05, 3.63) is 71.8 Å². The number of fused-ring (bicyclic) bond motifs is 2. The Bertz CT molecular complexity index is 596. The molecule has 4 rings (SSSR count). The zero-order chi connectivity index (χ0) is 14.9. The highest BCUT2D eigenvalue weighted by Crippen LogP contribution is 2.41. The van der Waals surface area contributed by atoms with Crippen LogP contribution in [0.3, 0.4) is 0 Å².